The number of thiophene rings is 1. The van der Waals surface area contributed by atoms with Crippen LogP contribution in [-0.2, 0) is 6.18 Å². The molecule has 4 bridgehead atoms. The van der Waals surface area contributed by atoms with Gasteiger partial charge in [0.1, 0.15) is 0 Å². The van der Waals surface area contributed by atoms with Crippen LogP contribution in [0, 0.1) is 23.2 Å². The van der Waals surface area contributed by atoms with Crippen LogP contribution in [-0.4, -0.2) is 26.5 Å². The summed E-state index contributed by atoms with van der Waals surface area (Å²) in [6, 6.07) is 5.87. The molecule has 4 saturated carbocycles. The summed E-state index contributed by atoms with van der Waals surface area (Å²) in [6.45, 7) is 2.09. The van der Waals surface area contributed by atoms with Crippen molar-refractivity contribution in [2.45, 2.75) is 64.1 Å². The largest absolute Gasteiger partial charge is 0.433 e. The van der Waals surface area contributed by atoms with E-state index in [0.717, 1.165) is 54.0 Å². The Labute approximate surface area is 199 Å². The lowest BCUT2D eigenvalue weighted by Gasteiger charge is -2.59. The number of nitrogens with zero attached hydrogens (tertiary/aromatic N) is 3. The van der Waals surface area contributed by atoms with Crippen molar-refractivity contribution in [3.8, 4) is 10.6 Å². The minimum Gasteiger partial charge on any atom is -0.347 e. The molecule has 1 amide bonds. The highest BCUT2D eigenvalue weighted by Crippen LogP contribution is 2.61. The fourth-order valence-electron chi connectivity index (χ4n) is 7.36. The van der Waals surface area contributed by atoms with Crippen LogP contribution >= 0.6 is 11.3 Å². The molecule has 3 aromatic heterocycles. The minimum absolute atomic E-state index is 0.00920. The van der Waals surface area contributed by atoms with Crippen LogP contribution in [0.1, 0.15) is 68.1 Å². The first-order valence-electron chi connectivity index (χ1n) is 12.1. The van der Waals surface area contributed by atoms with E-state index in [4.69, 9.17) is 0 Å². The lowest BCUT2D eigenvalue weighted by atomic mass is 9.47. The lowest BCUT2D eigenvalue weighted by Crippen LogP contribution is -2.56. The molecule has 4 aliphatic rings. The molecule has 7 rings (SSSR count). The molecule has 1 N–H and O–H groups in total. The van der Waals surface area contributed by atoms with Gasteiger partial charge in [-0.15, -0.1) is 11.3 Å². The Morgan fingerprint density at radius 2 is 1.88 bits per heavy atom. The summed E-state index contributed by atoms with van der Waals surface area (Å²) < 4.78 is 42.3. The Morgan fingerprint density at radius 1 is 1.21 bits per heavy atom. The van der Waals surface area contributed by atoms with E-state index in [1.54, 1.807) is 17.5 Å². The van der Waals surface area contributed by atoms with Crippen molar-refractivity contribution in [1.82, 2.24) is 19.9 Å². The van der Waals surface area contributed by atoms with Crippen LogP contribution in [0.4, 0.5) is 13.2 Å². The Kier molecular flexibility index (Phi) is 5.06. The van der Waals surface area contributed by atoms with Crippen molar-refractivity contribution in [1.29, 1.82) is 0 Å². The van der Waals surface area contributed by atoms with E-state index in [2.05, 4.69) is 22.3 Å². The Balaban J connectivity index is 1.32. The van der Waals surface area contributed by atoms with Gasteiger partial charge in [-0.05, 0) is 85.6 Å². The van der Waals surface area contributed by atoms with Gasteiger partial charge in [0.25, 0.3) is 5.91 Å². The molecule has 3 heterocycles. The second-order valence-corrected chi connectivity index (χ2v) is 11.5. The predicted molar refractivity (Wildman–Crippen MR) is 123 cm³/mol. The molecule has 0 spiro atoms. The Bertz CT molecular complexity index is 1200. The third-order valence-electron chi connectivity index (χ3n) is 8.26. The summed E-state index contributed by atoms with van der Waals surface area (Å²) >= 11 is 1.32. The average molecular weight is 489 g/mol. The number of carbonyl (C=O) groups is 1. The maximum atomic E-state index is 13.9. The Hall–Kier alpha value is -2.42. The maximum Gasteiger partial charge on any atom is 0.433 e. The molecule has 0 radical (unpaired) electrons. The van der Waals surface area contributed by atoms with Gasteiger partial charge >= 0.3 is 6.18 Å². The number of carbonyl (C=O) groups excluding carboxylic acids is 1. The Morgan fingerprint density at radius 3 is 2.44 bits per heavy atom. The number of halogens is 3. The average Bonchev–Trinajstić information content (AvgIpc) is 3.44. The normalized spacial score (nSPS) is 29.0. The monoisotopic (exact) mass is 488 g/mol. The molecule has 5 nitrogen and oxygen atoms in total. The third-order valence-corrected chi connectivity index (χ3v) is 9.15. The van der Waals surface area contributed by atoms with Crippen molar-refractivity contribution in [3.05, 3.63) is 41.0 Å². The first-order chi connectivity index (χ1) is 16.2. The third kappa shape index (κ3) is 3.63. The zero-order valence-corrected chi connectivity index (χ0v) is 19.8. The number of hydrogen-bond acceptors (Lipinski definition) is 4. The maximum absolute atomic E-state index is 13.9. The van der Waals surface area contributed by atoms with Crippen LogP contribution in [0.15, 0.2) is 29.6 Å². The van der Waals surface area contributed by atoms with Gasteiger partial charge in [0.2, 0.25) is 0 Å². The summed E-state index contributed by atoms with van der Waals surface area (Å²) in [6.07, 6.45) is 3.56. The van der Waals surface area contributed by atoms with Crippen LogP contribution < -0.4 is 5.32 Å². The predicted octanol–water partition coefficient (Wildman–Crippen LogP) is 6.20. The van der Waals surface area contributed by atoms with Gasteiger partial charge in [0.05, 0.1) is 10.6 Å². The highest BCUT2D eigenvalue weighted by atomic mass is 32.1. The van der Waals surface area contributed by atoms with E-state index in [1.807, 2.05) is 0 Å². The number of fused-ring (bicyclic) bond motifs is 1. The van der Waals surface area contributed by atoms with Crippen molar-refractivity contribution >= 4 is 22.9 Å². The van der Waals surface area contributed by atoms with Gasteiger partial charge < -0.3 is 5.32 Å². The van der Waals surface area contributed by atoms with Crippen molar-refractivity contribution in [3.63, 3.8) is 0 Å². The van der Waals surface area contributed by atoms with Gasteiger partial charge in [-0.1, -0.05) is 13.0 Å². The zero-order chi connectivity index (χ0) is 23.7. The second kappa shape index (κ2) is 7.80. The highest BCUT2D eigenvalue weighted by Gasteiger charge is 2.54. The van der Waals surface area contributed by atoms with E-state index in [9.17, 15) is 18.0 Å². The molecule has 180 valence electrons. The lowest BCUT2D eigenvalue weighted by molar-refractivity contribution is -0.142. The summed E-state index contributed by atoms with van der Waals surface area (Å²) in [7, 11) is 0. The topological polar surface area (TPSA) is 59.3 Å². The van der Waals surface area contributed by atoms with Crippen LogP contribution in [0.25, 0.3) is 16.2 Å². The molecule has 0 aliphatic heterocycles. The summed E-state index contributed by atoms with van der Waals surface area (Å²) in [5.74, 6) is 1.84. The molecule has 0 aromatic carbocycles. The smallest absolute Gasteiger partial charge is 0.347 e. The highest BCUT2D eigenvalue weighted by molar-refractivity contribution is 7.13. The van der Waals surface area contributed by atoms with E-state index >= 15 is 0 Å². The number of rotatable bonds is 5. The van der Waals surface area contributed by atoms with Gasteiger partial charge in [0.15, 0.2) is 17.0 Å². The van der Waals surface area contributed by atoms with Gasteiger partial charge in [-0.3, -0.25) is 4.79 Å². The van der Waals surface area contributed by atoms with E-state index in [-0.39, 0.29) is 28.5 Å². The van der Waals surface area contributed by atoms with Crippen molar-refractivity contribution in [2.75, 3.05) is 0 Å². The van der Waals surface area contributed by atoms with Gasteiger partial charge in [0, 0.05) is 12.1 Å². The molecule has 4 aliphatic carbocycles. The standard InChI is InChI=1S/C25H27F3N4OS/c1-2-20(24-11-14-6-15(12-24)8-16(7-14)13-24)30-23(33)18-10-22-29-17(19-4-3-5-34-19)9-21(25(26,27)28)32(22)31-18/h3-5,9-10,14-16,20H,2,6-8,11-13H2,1H3,(H,30,33). The summed E-state index contributed by atoms with van der Waals surface area (Å²) in [5.41, 5.74) is -0.606. The SMILES string of the molecule is CCC(NC(=O)c1cc2nc(-c3cccs3)cc(C(F)(F)F)n2n1)C12CC3CC(CC(C3)C1)C2. The molecular weight excluding hydrogens is 461 g/mol. The number of nitrogens with one attached hydrogen (secondary N) is 1. The first-order valence-corrected chi connectivity index (χ1v) is 12.9. The molecule has 4 fully saturated rings. The van der Waals surface area contributed by atoms with Gasteiger partial charge in [-0.25, -0.2) is 9.50 Å². The molecule has 1 atom stereocenters. The minimum atomic E-state index is -4.63. The molecule has 0 saturated heterocycles. The fourth-order valence-corrected chi connectivity index (χ4v) is 8.05. The quantitative estimate of drug-likeness (QED) is 0.465. The molecule has 34 heavy (non-hydrogen) atoms. The van der Waals surface area contributed by atoms with Crippen LogP contribution in [0.5, 0.6) is 0 Å². The molecule has 3 aromatic rings. The first kappa shape index (κ1) is 22.1. The fraction of sp³-hybridized carbons (Fsp3) is 0.560. The number of amides is 1. The van der Waals surface area contributed by atoms with Gasteiger partial charge in [-0.2, -0.15) is 18.3 Å². The summed E-state index contributed by atoms with van der Waals surface area (Å²) in [5, 5.41) is 9.03. The molecule has 9 heteroatoms. The number of aromatic nitrogens is 3. The van der Waals surface area contributed by atoms with E-state index in [0.29, 0.717) is 4.88 Å². The van der Waals surface area contributed by atoms with E-state index in [1.165, 1.54) is 36.7 Å². The van der Waals surface area contributed by atoms with Crippen LogP contribution in [0.2, 0.25) is 0 Å². The second-order valence-electron chi connectivity index (χ2n) is 10.5. The van der Waals surface area contributed by atoms with Crippen molar-refractivity contribution in [2.24, 2.45) is 23.2 Å². The molecular formula is C25H27F3N4OS. The van der Waals surface area contributed by atoms with Crippen LogP contribution in [0.3, 0.4) is 0 Å². The van der Waals surface area contributed by atoms with E-state index < -0.39 is 17.8 Å². The summed E-state index contributed by atoms with van der Waals surface area (Å²) in [4.78, 5) is 18.3. The zero-order valence-electron chi connectivity index (χ0n) is 18.9. The number of alkyl halides is 3. The molecule has 1 unspecified atom stereocenters. The van der Waals surface area contributed by atoms with Crippen molar-refractivity contribution < 1.29 is 18.0 Å². The number of hydrogen-bond donors (Lipinski definition) is 1.